The van der Waals surface area contributed by atoms with Crippen LogP contribution in [0.5, 0.6) is 5.75 Å². The van der Waals surface area contributed by atoms with Crippen molar-refractivity contribution >= 4 is 17.3 Å². The van der Waals surface area contributed by atoms with Gasteiger partial charge in [0.1, 0.15) is 0 Å². The molecular formula is C15H17N5O. The zero-order valence-electron chi connectivity index (χ0n) is 12.2. The minimum Gasteiger partial charge on any atom is -0.493 e. The van der Waals surface area contributed by atoms with Crippen molar-refractivity contribution in [3.05, 3.63) is 36.4 Å². The number of anilines is 2. The fourth-order valence-corrected chi connectivity index (χ4v) is 2.26. The standard InChI is InChI=1S/C15H17N5O/c1-19(2)11-6-4-10(5-7-11)12-8-9-13(21-3)14-17-15(16)18-20(12)14/h4-9H,1-3H3,(H2,16,18). The second-order valence-corrected chi connectivity index (χ2v) is 4.93. The van der Waals surface area contributed by atoms with Gasteiger partial charge < -0.3 is 15.4 Å². The molecule has 6 nitrogen and oxygen atoms in total. The molecule has 0 aliphatic heterocycles. The summed E-state index contributed by atoms with van der Waals surface area (Å²) in [7, 11) is 5.63. The van der Waals surface area contributed by atoms with Gasteiger partial charge in [0.15, 0.2) is 11.4 Å². The van der Waals surface area contributed by atoms with Gasteiger partial charge in [-0.05, 0) is 24.3 Å². The highest BCUT2D eigenvalue weighted by molar-refractivity contribution is 5.69. The third-order valence-electron chi connectivity index (χ3n) is 3.36. The second kappa shape index (κ2) is 4.97. The molecule has 2 aromatic heterocycles. The van der Waals surface area contributed by atoms with Gasteiger partial charge in [-0.15, -0.1) is 5.10 Å². The Bertz CT molecular complexity index is 777. The highest BCUT2D eigenvalue weighted by atomic mass is 16.5. The molecule has 0 saturated heterocycles. The molecule has 2 heterocycles. The first kappa shape index (κ1) is 13.2. The van der Waals surface area contributed by atoms with Crippen LogP contribution in [0.3, 0.4) is 0 Å². The Morgan fingerprint density at radius 1 is 1.10 bits per heavy atom. The fourth-order valence-electron chi connectivity index (χ4n) is 2.26. The van der Waals surface area contributed by atoms with Crippen LogP contribution in [-0.4, -0.2) is 35.8 Å². The summed E-state index contributed by atoms with van der Waals surface area (Å²) in [4.78, 5) is 6.27. The number of hydrogen-bond donors (Lipinski definition) is 1. The number of nitrogens with two attached hydrogens (primary N) is 1. The lowest BCUT2D eigenvalue weighted by molar-refractivity contribution is 0.416. The smallest absolute Gasteiger partial charge is 0.240 e. The van der Waals surface area contributed by atoms with Crippen molar-refractivity contribution < 1.29 is 4.74 Å². The lowest BCUT2D eigenvalue weighted by Gasteiger charge is -2.13. The highest BCUT2D eigenvalue weighted by Gasteiger charge is 2.12. The lowest BCUT2D eigenvalue weighted by Crippen LogP contribution is -2.08. The summed E-state index contributed by atoms with van der Waals surface area (Å²) in [6, 6.07) is 12.0. The summed E-state index contributed by atoms with van der Waals surface area (Å²) in [6.07, 6.45) is 0. The quantitative estimate of drug-likeness (QED) is 0.796. The molecule has 0 aliphatic rings. The summed E-state index contributed by atoms with van der Waals surface area (Å²) < 4.78 is 7.00. The maximum absolute atomic E-state index is 5.72. The molecule has 21 heavy (non-hydrogen) atoms. The van der Waals surface area contributed by atoms with Crippen LogP contribution in [0.15, 0.2) is 36.4 Å². The van der Waals surface area contributed by atoms with E-state index in [0.717, 1.165) is 16.9 Å². The Balaban J connectivity index is 2.16. The van der Waals surface area contributed by atoms with Crippen molar-refractivity contribution in [3.8, 4) is 17.0 Å². The van der Waals surface area contributed by atoms with E-state index in [4.69, 9.17) is 10.5 Å². The van der Waals surface area contributed by atoms with E-state index in [0.29, 0.717) is 11.4 Å². The maximum Gasteiger partial charge on any atom is 0.240 e. The molecule has 2 N–H and O–H groups in total. The van der Waals surface area contributed by atoms with Gasteiger partial charge in [0, 0.05) is 25.3 Å². The highest BCUT2D eigenvalue weighted by Crippen LogP contribution is 2.27. The van der Waals surface area contributed by atoms with Gasteiger partial charge in [-0.3, -0.25) is 0 Å². The largest absolute Gasteiger partial charge is 0.493 e. The first-order valence-electron chi connectivity index (χ1n) is 6.57. The van der Waals surface area contributed by atoms with Gasteiger partial charge in [0.2, 0.25) is 5.95 Å². The van der Waals surface area contributed by atoms with Gasteiger partial charge in [0.05, 0.1) is 12.8 Å². The average molecular weight is 283 g/mol. The van der Waals surface area contributed by atoms with E-state index in [1.807, 2.05) is 26.2 Å². The zero-order valence-corrected chi connectivity index (χ0v) is 12.2. The van der Waals surface area contributed by atoms with E-state index in [1.54, 1.807) is 11.6 Å². The summed E-state index contributed by atoms with van der Waals surface area (Å²) in [5.41, 5.74) is 9.43. The average Bonchev–Trinajstić information content (AvgIpc) is 2.87. The molecule has 1 aromatic carbocycles. The third kappa shape index (κ3) is 2.24. The van der Waals surface area contributed by atoms with Crippen LogP contribution in [-0.2, 0) is 0 Å². The van der Waals surface area contributed by atoms with Crippen LogP contribution in [0.1, 0.15) is 0 Å². The summed E-state index contributed by atoms with van der Waals surface area (Å²) in [6.45, 7) is 0. The predicted molar refractivity (Wildman–Crippen MR) is 83.7 cm³/mol. The Morgan fingerprint density at radius 3 is 2.43 bits per heavy atom. The Kier molecular flexibility index (Phi) is 3.13. The number of fused-ring (bicyclic) bond motifs is 1. The number of rotatable bonds is 3. The van der Waals surface area contributed by atoms with Crippen LogP contribution in [0.2, 0.25) is 0 Å². The number of nitrogens with zero attached hydrogens (tertiary/aromatic N) is 4. The van der Waals surface area contributed by atoms with Gasteiger partial charge in [-0.25, -0.2) is 4.52 Å². The maximum atomic E-state index is 5.72. The number of nitrogen functional groups attached to an aromatic ring is 1. The molecule has 0 aliphatic carbocycles. The van der Waals surface area contributed by atoms with Crippen LogP contribution in [0.4, 0.5) is 11.6 Å². The monoisotopic (exact) mass is 283 g/mol. The van der Waals surface area contributed by atoms with Crippen LogP contribution < -0.4 is 15.4 Å². The number of ether oxygens (including phenoxy) is 1. The van der Waals surface area contributed by atoms with E-state index in [2.05, 4.69) is 39.2 Å². The molecule has 3 aromatic rings. The predicted octanol–water partition coefficient (Wildman–Crippen LogP) is 2.05. The SMILES string of the molecule is COc1ccc(-c2ccc(N(C)C)cc2)n2nc(N)nc12. The molecule has 0 saturated carbocycles. The first-order valence-corrected chi connectivity index (χ1v) is 6.57. The minimum atomic E-state index is 0.227. The number of benzene rings is 1. The van der Waals surface area contributed by atoms with Crippen molar-refractivity contribution in [2.24, 2.45) is 0 Å². The summed E-state index contributed by atoms with van der Waals surface area (Å²) in [5, 5.41) is 4.25. The van der Waals surface area contributed by atoms with Crippen LogP contribution >= 0.6 is 0 Å². The molecule has 0 atom stereocenters. The van der Waals surface area contributed by atoms with Crippen molar-refractivity contribution in [1.29, 1.82) is 0 Å². The van der Waals surface area contributed by atoms with Crippen molar-refractivity contribution in [2.75, 3.05) is 31.8 Å². The second-order valence-electron chi connectivity index (χ2n) is 4.93. The Labute approximate surface area is 122 Å². The molecule has 108 valence electrons. The number of methoxy groups -OCH3 is 1. The van der Waals surface area contributed by atoms with Gasteiger partial charge >= 0.3 is 0 Å². The van der Waals surface area contributed by atoms with Gasteiger partial charge in [0.25, 0.3) is 0 Å². The fraction of sp³-hybridized carbons (Fsp3) is 0.200. The van der Waals surface area contributed by atoms with Gasteiger partial charge in [-0.1, -0.05) is 12.1 Å². The number of hydrogen-bond acceptors (Lipinski definition) is 5. The van der Waals surface area contributed by atoms with Crippen molar-refractivity contribution in [2.45, 2.75) is 0 Å². The number of pyridine rings is 1. The van der Waals surface area contributed by atoms with Crippen molar-refractivity contribution in [1.82, 2.24) is 14.6 Å². The Hall–Kier alpha value is -2.76. The third-order valence-corrected chi connectivity index (χ3v) is 3.36. The number of aromatic nitrogens is 3. The van der Waals surface area contributed by atoms with E-state index in [1.165, 1.54) is 0 Å². The molecule has 0 radical (unpaired) electrons. The molecule has 6 heteroatoms. The first-order chi connectivity index (χ1) is 10.1. The minimum absolute atomic E-state index is 0.227. The molecule has 0 spiro atoms. The lowest BCUT2D eigenvalue weighted by atomic mass is 10.1. The molecule has 0 unspecified atom stereocenters. The Morgan fingerprint density at radius 2 is 1.81 bits per heavy atom. The topological polar surface area (TPSA) is 68.7 Å². The normalized spacial score (nSPS) is 10.8. The van der Waals surface area contributed by atoms with E-state index in [9.17, 15) is 0 Å². The molecule has 0 amide bonds. The van der Waals surface area contributed by atoms with E-state index < -0.39 is 0 Å². The summed E-state index contributed by atoms with van der Waals surface area (Å²) in [5.74, 6) is 0.874. The molecular weight excluding hydrogens is 266 g/mol. The van der Waals surface area contributed by atoms with Gasteiger partial charge in [-0.2, -0.15) is 4.98 Å². The molecule has 0 fully saturated rings. The molecule has 3 rings (SSSR count). The van der Waals surface area contributed by atoms with Crippen LogP contribution in [0.25, 0.3) is 16.9 Å². The summed E-state index contributed by atoms with van der Waals surface area (Å²) >= 11 is 0. The van der Waals surface area contributed by atoms with Crippen LogP contribution in [0, 0.1) is 0 Å². The van der Waals surface area contributed by atoms with E-state index in [-0.39, 0.29) is 5.95 Å². The van der Waals surface area contributed by atoms with E-state index >= 15 is 0 Å². The van der Waals surface area contributed by atoms with Crippen molar-refractivity contribution in [3.63, 3.8) is 0 Å². The molecule has 0 bridgehead atoms. The zero-order chi connectivity index (χ0) is 15.0.